The van der Waals surface area contributed by atoms with Gasteiger partial charge in [0.1, 0.15) is 0 Å². The van der Waals surface area contributed by atoms with Gasteiger partial charge >= 0.3 is 0 Å². The van der Waals surface area contributed by atoms with Gasteiger partial charge in [0, 0.05) is 18.8 Å². The van der Waals surface area contributed by atoms with E-state index in [1.807, 2.05) is 6.07 Å². The lowest BCUT2D eigenvalue weighted by molar-refractivity contribution is 0.378. The zero-order chi connectivity index (χ0) is 14.8. The molecule has 0 spiro atoms. The molecule has 0 aliphatic carbocycles. The molecule has 1 aromatic carbocycles. The van der Waals surface area contributed by atoms with Gasteiger partial charge in [-0.3, -0.25) is 0 Å². The van der Waals surface area contributed by atoms with Crippen LogP contribution in [0.15, 0.2) is 23.1 Å². The average molecular weight is 296 g/mol. The van der Waals surface area contributed by atoms with Crippen LogP contribution < -0.4 is 10.0 Å². The highest BCUT2D eigenvalue weighted by molar-refractivity contribution is 7.89. The average Bonchev–Trinajstić information content (AvgIpc) is 2.36. The quantitative estimate of drug-likeness (QED) is 0.898. The maximum absolute atomic E-state index is 12.3. The Labute approximate surface area is 122 Å². The van der Waals surface area contributed by atoms with Gasteiger partial charge in [-0.1, -0.05) is 26.8 Å². The Kier molecular flexibility index (Phi) is 4.39. The summed E-state index contributed by atoms with van der Waals surface area (Å²) in [6, 6.07) is 5.36. The van der Waals surface area contributed by atoms with Crippen LogP contribution in [0.3, 0.4) is 0 Å². The van der Waals surface area contributed by atoms with Crippen LogP contribution in [0, 0.1) is 5.41 Å². The van der Waals surface area contributed by atoms with E-state index in [0.29, 0.717) is 11.4 Å². The molecule has 1 aliphatic heterocycles. The van der Waals surface area contributed by atoms with Crippen LogP contribution in [0.4, 0.5) is 5.69 Å². The second-order valence-electron chi connectivity index (χ2n) is 6.56. The normalized spacial score (nSPS) is 15.6. The maximum atomic E-state index is 12.3. The first-order valence-corrected chi connectivity index (χ1v) is 8.63. The molecule has 112 valence electrons. The smallest absolute Gasteiger partial charge is 0.240 e. The molecule has 4 nitrogen and oxygen atoms in total. The Bertz CT molecular complexity index is 574. The summed E-state index contributed by atoms with van der Waals surface area (Å²) < 4.78 is 27.2. The van der Waals surface area contributed by atoms with E-state index in [0.717, 1.165) is 31.5 Å². The molecule has 2 N–H and O–H groups in total. The van der Waals surface area contributed by atoms with Gasteiger partial charge in [0.25, 0.3) is 0 Å². The van der Waals surface area contributed by atoms with E-state index in [2.05, 4.69) is 30.8 Å². The zero-order valence-corrected chi connectivity index (χ0v) is 13.3. The van der Waals surface area contributed by atoms with Crippen molar-refractivity contribution in [1.29, 1.82) is 0 Å². The van der Waals surface area contributed by atoms with Crippen molar-refractivity contribution in [2.75, 3.05) is 18.4 Å². The number of anilines is 1. The third kappa shape index (κ3) is 3.96. The van der Waals surface area contributed by atoms with E-state index in [4.69, 9.17) is 0 Å². The van der Waals surface area contributed by atoms with Crippen LogP contribution in [-0.2, 0) is 16.4 Å². The van der Waals surface area contributed by atoms with Crippen LogP contribution in [-0.4, -0.2) is 21.5 Å². The van der Waals surface area contributed by atoms with E-state index in [9.17, 15) is 8.42 Å². The lowest BCUT2D eigenvalue weighted by atomic mass is 9.93. The van der Waals surface area contributed by atoms with E-state index < -0.39 is 10.0 Å². The van der Waals surface area contributed by atoms with Gasteiger partial charge < -0.3 is 5.32 Å². The molecule has 0 unspecified atom stereocenters. The van der Waals surface area contributed by atoms with Crippen LogP contribution in [0.2, 0.25) is 0 Å². The molecule has 1 aromatic rings. The summed E-state index contributed by atoms with van der Waals surface area (Å²) in [6.07, 6.45) is 2.93. The summed E-state index contributed by atoms with van der Waals surface area (Å²) in [6.45, 7) is 7.68. The minimum absolute atomic E-state index is 0.125. The molecule has 1 heterocycles. The number of benzene rings is 1. The number of rotatable bonds is 4. The number of fused-ring (bicyclic) bond motifs is 1. The zero-order valence-electron chi connectivity index (χ0n) is 12.5. The van der Waals surface area contributed by atoms with Gasteiger partial charge in [0.05, 0.1) is 4.90 Å². The van der Waals surface area contributed by atoms with Gasteiger partial charge in [-0.15, -0.1) is 0 Å². The predicted molar refractivity (Wildman–Crippen MR) is 82.5 cm³/mol. The predicted octanol–water partition coefficient (Wildman–Crippen LogP) is 2.76. The van der Waals surface area contributed by atoms with Gasteiger partial charge in [-0.05, 0) is 42.4 Å². The van der Waals surface area contributed by atoms with Crippen molar-refractivity contribution in [1.82, 2.24) is 4.72 Å². The summed E-state index contributed by atoms with van der Waals surface area (Å²) in [5, 5.41) is 3.26. The number of aryl methyl sites for hydroxylation is 1. The highest BCUT2D eigenvalue weighted by Gasteiger charge is 2.18. The Balaban J connectivity index is 2.09. The number of nitrogens with one attached hydrogen (secondary N) is 2. The molecular formula is C15H24N2O2S. The lowest BCUT2D eigenvalue weighted by Gasteiger charge is -2.20. The minimum Gasteiger partial charge on any atom is -0.385 e. The Morgan fingerprint density at radius 2 is 2.05 bits per heavy atom. The summed E-state index contributed by atoms with van der Waals surface area (Å²) >= 11 is 0. The van der Waals surface area contributed by atoms with E-state index in [-0.39, 0.29) is 5.41 Å². The molecule has 1 aliphatic rings. The molecule has 0 saturated heterocycles. The van der Waals surface area contributed by atoms with Gasteiger partial charge in [-0.25, -0.2) is 13.1 Å². The molecule has 0 fully saturated rings. The van der Waals surface area contributed by atoms with Crippen molar-refractivity contribution < 1.29 is 8.42 Å². The van der Waals surface area contributed by atoms with Crippen LogP contribution in [0.1, 0.15) is 39.2 Å². The number of hydrogen-bond acceptors (Lipinski definition) is 3. The Morgan fingerprint density at radius 3 is 2.75 bits per heavy atom. The first kappa shape index (κ1) is 15.3. The molecule has 2 rings (SSSR count). The fraction of sp³-hybridized carbons (Fsp3) is 0.600. The topological polar surface area (TPSA) is 58.2 Å². The van der Waals surface area contributed by atoms with Crippen LogP contribution >= 0.6 is 0 Å². The second-order valence-corrected chi connectivity index (χ2v) is 8.32. The molecule has 0 atom stereocenters. The summed E-state index contributed by atoms with van der Waals surface area (Å²) in [4.78, 5) is 0.347. The van der Waals surface area contributed by atoms with Crippen molar-refractivity contribution >= 4 is 15.7 Å². The van der Waals surface area contributed by atoms with E-state index >= 15 is 0 Å². The monoisotopic (exact) mass is 296 g/mol. The Hall–Kier alpha value is -1.07. The highest BCUT2D eigenvalue weighted by atomic mass is 32.2. The summed E-state index contributed by atoms with van der Waals surface area (Å²) in [7, 11) is -3.41. The highest BCUT2D eigenvalue weighted by Crippen LogP contribution is 2.25. The summed E-state index contributed by atoms with van der Waals surface area (Å²) in [5.41, 5.74) is 2.28. The minimum atomic E-state index is -3.41. The third-order valence-corrected chi connectivity index (χ3v) is 4.96. The van der Waals surface area contributed by atoms with Crippen LogP contribution in [0.25, 0.3) is 0 Å². The van der Waals surface area contributed by atoms with Crippen molar-refractivity contribution in [3.05, 3.63) is 23.8 Å². The SMILES string of the molecule is CC(C)(C)CCNS(=O)(=O)c1ccc2c(c1)NCCC2. The summed E-state index contributed by atoms with van der Waals surface area (Å²) in [5.74, 6) is 0. The molecule has 5 heteroatoms. The molecule has 0 saturated carbocycles. The maximum Gasteiger partial charge on any atom is 0.240 e. The van der Waals surface area contributed by atoms with Gasteiger partial charge in [-0.2, -0.15) is 0 Å². The van der Waals surface area contributed by atoms with Crippen LogP contribution in [0.5, 0.6) is 0 Å². The van der Waals surface area contributed by atoms with Crippen molar-refractivity contribution in [2.45, 2.75) is 44.9 Å². The standard InChI is InChI=1S/C15H24N2O2S/c1-15(2,3)8-10-17-20(18,19)13-7-6-12-5-4-9-16-14(12)11-13/h6-7,11,16-17H,4-5,8-10H2,1-3H3. The molecule has 0 radical (unpaired) electrons. The molecule has 20 heavy (non-hydrogen) atoms. The molecule has 0 amide bonds. The molecule has 0 aromatic heterocycles. The first-order valence-electron chi connectivity index (χ1n) is 7.14. The molecule has 0 bridgehead atoms. The molecular weight excluding hydrogens is 272 g/mol. The fourth-order valence-electron chi connectivity index (χ4n) is 2.25. The van der Waals surface area contributed by atoms with Crippen molar-refractivity contribution in [3.63, 3.8) is 0 Å². The second kappa shape index (κ2) is 5.74. The van der Waals surface area contributed by atoms with Crippen molar-refractivity contribution in [3.8, 4) is 0 Å². The third-order valence-electron chi connectivity index (χ3n) is 3.50. The van der Waals surface area contributed by atoms with E-state index in [1.165, 1.54) is 5.56 Å². The number of sulfonamides is 1. The fourth-order valence-corrected chi connectivity index (χ4v) is 3.31. The van der Waals surface area contributed by atoms with Gasteiger partial charge in [0.15, 0.2) is 0 Å². The largest absolute Gasteiger partial charge is 0.385 e. The first-order chi connectivity index (χ1) is 9.28. The van der Waals surface area contributed by atoms with Crippen molar-refractivity contribution in [2.24, 2.45) is 5.41 Å². The number of hydrogen-bond donors (Lipinski definition) is 2. The Morgan fingerprint density at radius 1 is 1.30 bits per heavy atom. The van der Waals surface area contributed by atoms with Gasteiger partial charge in [0.2, 0.25) is 10.0 Å². The lowest BCUT2D eigenvalue weighted by Crippen LogP contribution is -2.27. The van der Waals surface area contributed by atoms with E-state index in [1.54, 1.807) is 12.1 Å².